The van der Waals surface area contributed by atoms with Gasteiger partial charge in [0.15, 0.2) is 5.58 Å². The van der Waals surface area contributed by atoms with Gasteiger partial charge in [-0.1, -0.05) is 84.9 Å². The van der Waals surface area contributed by atoms with Gasteiger partial charge < -0.3 is 8.98 Å². The summed E-state index contributed by atoms with van der Waals surface area (Å²) in [6.07, 6.45) is 0. The molecule has 3 heteroatoms. The van der Waals surface area contributed by atoms with E-state index in [0.29, 0.717) is 0 Å². The van der Waals surface area contributed by atoms with E-state index in [1.807, 2.05) is 11.3 Å². The van der Waals surface area contributed by atoms with E-state index in [4.69, 9.17) is 4.42 Å². The van der Waals surface area contributed by atoms with Crippen molar-refractivity contribution in [2.24, 2.45) is 0 Å². The molecule has 0 unspecified atom stereocenters. The van der Waals surface area contributed by atoms with E-state index in [1.54, 1.807) is 0 Å². The van der Waals surface area contributed by atoms with Crippen molar-refractivity contribution in [3.63, 3.8) is 0 Å². The minimum absolute atomic E-state index is 0.901. The van der Waals surface area contributed by atoms with Crippen molar-refractivity contribution >= 4 is 64.5 Å². The molecule has 192 valence electrons. The summed E-state index contributed by atoms with van der Waals surface area (Å²) in [7, 11) is 0. The van der Waals surface area contributed by atoms with Crippen LogP contribution < -0.4 is 0 Å². The van der Waals surface area contributed by atoms with Gasteiger partial charge in [0.25, 0.3) is 0 Å². The molecule has 0 atom stereocenters. The number of rotatable bonds is 3. The molecule has 0 saturated heterocycles. The van der Waals surface area contributed by atoms with Gasteiger partial charge >= 0.3 is 0 Å². The number of hydrogen-bond acceptors (Lipinski definition) is 2. The van der Waals surface area contributed by atoms with Crippen LogP contribution in [0, 0.1) is 0 Å². The predicted octanol–water partition coefficient (Wildman–Crippen LogP) is 11.2. The maximum Gasteiger partial charge on any atom is 0.161 e. The fourth-order valence-corrected chi connectivity index (χ4v) is 7.45. The Morgan fingerprint density at radius 2 is 1.12 bits per heavy atom. The van der Waals surface area contributed by atoms with E-state index < -0.39 is 0 Å². The van der Waals surface area contributed by atoms with E-state index in [9.17, 15) is 0 Å². The summed E-state index contributed by atoms with van der Waals surface area (Å²) in [5.74, 6) is 0. The lowest BCUT2D eigenvalue weighted by Gasteiger charge is -2.11. The lowest BCUT2D eigenvalue weighted by molar-refractivity contribution is 0.673. The number of nitrogens with zero attached hydrogens (tertiary/aromatic N) is 1. The highest BCUT2D eigenvalue weighted by Gasteiger charge is 2.20. The fourth-order valence-electron chi connectivity index (χ4n) is 6.36. The largest absolute Gasteiger partial charge is 0.454 e. The lowest BCUT2D eigenvalue weighted by atomic mass is 9.93. The van der Waals surface area contributed by atoms with Gasteiger partial charge in [0.1, 0.15) is 11.1 Å². The zero-order chi connectivity index (χ0) is 26.9. The van der Waals surface area contributed by atoms with E-state index in [0.717, 1.165) is 38.7 Å². The second-order valence-corrected chi connectivity index (χ2v) is 11.6. The van der Waals surface area contributed by atoms with Gasteiger partial charge in [-0.05, 0) is 76.9 Å². The minimum Gasteiger partial charge on any atom is -0.454 e. The van der Waals surface area contributed by atoms with Crippen LogP contribution in [-0.4, -0.2) is 4.57 Å². The second kappa shape index (κ2) is 8.69. The van der Waals surface area contributed by atoms with Gasteiger partial charge in [-0.15, -0.1) is 11.3 Å². The molecule has 41 heavy (non-hydrogen) atoms. The first-order valence-corrected chi connectivity index (χ1v) is 14.7. The smallest absolute Gasteiger partial charge is 0.161 e. The Bertz CT molecular complexity index is 2420. The van der Waals surface area contributed by atoms with Crippen LogP contribution in [0.25, 0.3) is 81.1 Å². The average Bonchev–Trinajstić information content (AvgIpc) is 3.70. The highest BCUT2D eigenvalue weighted by Crippen LogP contribution is 2.42. The van der Waals surface area contributed by atoms with Crippen LogP contribution in [0.2, 0.25) is 0 Å². The third kappa shape index (κ3) is 3.36. The molecule has 0 radical (unpaired) electrons. The van der Waals surface area contributed by atoms with Gasteiger partial charge in [0, 0.05) is 36.6 Å². The van der Waals surface area contributed by atoms with Crippen LogP contribution in [0.4, 0.5) is 0 Å². The molecule has 3 heterocycles. The Morgan fingerprint density at radius 1 is 0.488 bits per heavy atom. The standard InChI is InChI=1S/C38H23NOS/c1-2-10-26(11-3-1)39-33-16-8-6-15-30(33)38-37(39)32-23-24(18-20-34(32)40-38)27-12-4-5-13-28(27)25-19-21-36-31(22-25)29-14-7-9-17-35(29)41-36/h1-23H. The summed E-state index contributed by atoms with van der Waals surface area (Å²) in [4.78, 5) is 0. The monoisotopic (exact) mass is 541 g/mol. The molecule has 3 aromatic heterocycles. The van der Waals surface area contributed by atoms with E-state index in [1.165, 1.54) is 42.4 Å². The zero-order valence-electron chi connectivity index (χ0n) is 22.0. The number of hydrogen-bond donors (Lipinski definition) is 0. The topological polar surface area (TPSA) is 18.1 Å². The molecular formula is C38H23NOS. The summed E-state index contributed by atoms with van der Waals surface area (Å²) < 4.78 is 11.5. The van der Waals surface area contributed by atoms with E-state index >= 15 is 0 Å². The Kier molecular flexibility index (Phi) is 4.80. The molecular weight excluding hydrogens is 518 g/mol. The van der Waals surface area contributed by atoms with Crippen LogP contribution in [0.15, 0.2) is 144 Å². The number of furan rings is 1. The summed E-state index contributed by atoms with van der Waals surface area (Å²) in [6, 6.07) is 50.0. The first kappa shape index (κ1) is 22.7. The van der Waals surface area contributed by atoms with E-state index in [2.05, 4.69) is 144 Å². The van der Waals surface area contributed by atoms with Gasteiger partial charge in [-0.25, -0.2) is 0 Å². The molecule has 9 aromatic rings. The van der Waals surface area contributed by atoms with Gasteiger partial charge in [0.05, 0.1) is 5.52 Å². The van der Waals surface area contributed by atoms with Crippen LogP contribution in [0.1, 0.15) is 0 Å². The maximum atomic E-state index is 6.53. The molecule has 0 aliphatic carbocycles. The average molecular weight is 542 g/mol. The summed E-state index contributed by atoms with van der Waals surface area (Å²) in [6.45, 7) is 0. The van der Waals surface area contributed by atoms with E-state index in [-0.39, 0.29) is 0 Å². The maximum absolute atomic E-state index is 6.53. The molecule has 0 amide bonds. The molecule has 0 aliphatic heterocycles. The van der Waals surface area contributed by atoms with Crippen molar-refractivity contribution in [2.75, 3.05) is 0 Å². The Balaban J connectivity index is 1.29. The summed E-state index contributed by atoms with van der Waals surface area (Å²) in [5.41, 5.74) is 10.1. The van der Waals surface area contributed by atoms with Crippen molar-refractivity contribution < 1.29 is 4.42 Å². The molecule has 6 aromatic carbocycles. The quantitative estimate of drug-likeness (QED) is 0.217. The minimum atomic E-state index is 0.901. The van der Waals surface area contributed by atoms with Gasteiger partial charge in [-0.3, -0.25) is 0 Å². The number of benzene rings is 6. The third-order valence-electron chi connectivity index (χ3n) is 8.22. The van der Waals surface area contributed by atoms with Crippen molar-refractivity contribution in [1.29, 1.82) is 0 Å². The Hall–Kier alpha value is -5.12. The van der Waals surface area contributed by atoms with Crippen LogP contribution in [0.3, 0.4) is 0 Å². The molecule has 2 nitrogen and oxygen atoms in total. The zero-order valence-corrected chi connectivity index (χ0v) is 22.9. The van der Waals surface area contributed by atoms with Crippen molar-refractivity contribution in [2.45, 2.75) is 0 Å². The Labute approximate surface area is 240 Å². The molecule has 0 fully saturated rings. The first-order chi connectivity index (χ1) is 20.3. The highest BCUT2D eigenvalue weighted by atomic mass is 32.1. The molecule has 0 saturated carbocycles. The normalized spacial score (nSPS) is 11.9. The summed E-state index contributed by atoms with van der Waals surface area (Å²) in [5, 5.41) is 4.88. The number of aromatic nitrogens is 1. The highest BCUT2D eigenvalue weighted by molar-refractivity contribution is 7.25. The van der Waals surface area contributed by atoms with Crippen LogP contribution in [0.5, 0.6) is 0 Å². The fraction of sp³-hybridized carbons (Fsp3) is 0. The van der Waals surface area contributed by atoms with Crippen LogP contribution in [-0.2, 0) is 0 Å². The number of para-hydroxylation sites is 2. The molecule has 0 spiro atoms. The lowest BCUT2D eigenvalue weighted by Crippen LogP contribution is -1.93. The summed E-state index contributed by atoms with van der Waals surface area (Å²) >= 11 is 1.86. The number of fused-ring (bicyclic) bond motifs is 8. The van der Waals surface area contributed by atoms with Gasteiger partial charge in [-0.2, -0.15) is 0 Å². The van der Waals surface area contributed by atoms with Gasteiger partial charge in [0.2, 0.25) is 0 Å². The molecule has 0 N–H and O–H groups in total. The SMILES string of the molecule is c1ccc(-n2c3ccccc3c3oc4ccc(-c5ccccc5-c5ccc6sc7ccccc7c6c5)cc4c32)cc1. The Morgan fingerprint density at radius 3 is 1.95 bits per heavy atom. The molecule has 9 rings (SSSR count). The second-order valence-electron chi connectivity index (χ2n) is 10.5. The predicted molar refractivity (Wildman–Crippen MR) is 174 cm³/mol. The third-order valence-corrected chi connectivity index (χ3v) is 9.37. The molecule has 0 bridgehead atoms. The van der Waals surface area contributed by atoms with Crippen molar-refractivity contribution in [3.05, 3.63) is 140 Å². The van der Waals surface area contributed by atoms with Crippen molar-refractivity contribution in [3.8, 4) is 27.9 Å². The number of thiophene rings is 1. The van der Waals surface area contributed by atoms with Crippen molar-refractivity contribution in [1.82, 2.24) is 4.57 Å². The molecule has 0 aliphatic rings. The first-order valence-electron chi connectivity index (χ1n) is 13.9. The van der Waals surface area contributed by atoms with Crippen LogP contribution >= 0.6 is 11.3 Å².